The van der Waals surface area contributed by atoms with Crippen LogP contribution in [0.15, 0.2) is 12.3 Å². The summed E-state index contributed by atoms with van der Waals surface area (Å²) in [5, 5.41) is 0. The molecule has 15 heavy (non-hydrogen) atoms. The molecule has 5 heteroatoms. The fourth-order valence-electron chi connectivity index (χ4n) is 1.60. The van der Waals surface area contributed by atoms with Crippen molar-refractivity contribution in [1.82, 2.24) is 9.97 Å². The van der Waals surface area contributed by atoms with Crippen molar-refractivity contribution in [2.45, 2.75) is 13.0 Å². The van der Waals surface area contributed by atoms with Crippen LogP contribution in [0.2, 0.25) is 0 Å². The molecule has 0 aliphatic carbocycles. The highest BCUT2D eigenvalue weighted by molar-refractivity contribution is 7.99. The standard InChI is InChI=1S/C10H16N4S/c11-8-9-2-3-12-10(13-9)14-4-1-6-15-7-5-14/h2-3H,1,4-8,11H2. The van der Waals surface area contributed by atoms with Gasteiger partial charge in [-0.3, -0.25) is 0 Å². The minimum Gasteiger partial charge on any atom is -0.340 e. The Hall–Kier alpha value is -0.810. The second kappa shape index (κ2) is 5.32. The van der Waals surface area contributed by atoms with Gasteiger partial charge in [-0.15, -0.1) is 0 Å². The number of aromatic nitrogens is 2. The Morgan fingerprint density at radius 3 is 3.20 bits per heavy atom. The van der Waals surface area contributed by atoms with Crippen molar-refractivity contribution in [3.63, 3.8) is 0 Å². The first-order valence-corrected chi connectivity index (χ1v) is 6.40. The van der Waals surface area contributed by atoms with Crippen molar-refractivity contribution in [2.75, 3.05) is 29.5 Å². The van der Waals surface area contributed by atoms with Gasteiger partial charge in [-0.05, 0) is 18.2 Å². The molecule has 0 unspecified atom stereocenters. The lowest BCUT2D eigenvalue weighted by Gasteiger charge is -2.19. The summed E-state index contributed by atoms with van der Waals surface area (Å²) in [6, 6.07) is 1.87. The molecule has 2 N–H and O–H groups in total. The van der Waals surface area contributed by atoms with Crippen LogP contribution in [-0.4, -0.2) is 34.6 Å². The molecule has 2 rings (SSSR count). The Bertz CT molecular complexity index is 310. The first-order chi connectivity index (χ1) is 7.40. The second-order valence-corrected chi connectivity index (χ2v) is 4.73. The molecule has 0 saturated carbocycles. The Labute approximate surface area is 94.3 Å². The fourth-order valence-corrected chi connectivity index (χ4v) is 2.48. The van der Waals surface area contributed by atoms with E-state index in [9.17, 15) is 0 Å². The zero-order chi connectivity index (χ0) is 10.5. The monoisotopic (exact) mass is 224 g/mol. The van der Waals surface area contributed by atoms with E-state index in [2.05, 4.69) is 14.9 Å². The van der Waals surface area contributed by atoms with Crippen LogP contribution in [0.3, 0.4) is 0 Å². The van der Waals surface area contributed by atoms with E-state index in [1.165, 1.54) is 12.2 Å². The maximum absolute atomic E-state index is 5.57. The van der Waals surface area contributed by atoms with Crippen LogP contribution in [-0.2, 0) is 6.54 Å². The second-order valence-electron chi connectivity index (χ2n) is 3.51. The minimum atomic E-state index is 0.484. The van der Waals surface area contributed by atoms with Gasteiger partial charge in [-0.2, -0.15) is 11.8 Å². The van der Waals surface area contributed by atoms with Gasteiger partial charge in [0.1, 0.15) is 0 Å². The van der Waals surface area contributed by atoms with Gasteiger partial charge in [0.05, 0.1) is 5.69 Å². The zero-order valence-corrected chi connectivity index (χ0v) is 9.54. The third kappa shape index (κ3) is 2.82. The van der Waals surface area contributed by atoms with E-state index in [1.54, 1.807) is 6.20 Å². The molecule has 1 aliphatic heterocycles. The summed E-state index contributed by atoms with van der Waals surface area (Å²) in [6.07, 6.45) is 3.00. The molecule has 0 aromatic carbocycles. The van der Waals surface area contributed by atoms with Gasteiger partial charge in [0, 0.05) is 31.6 Å². The minimum absolute atomic E-state index is 0.484. The van der Waals surface area contributed by atoms with Gasteiger partial charge in [0.15, 0.2) is 0 Å². The molecule has 82 valence electrons. The molecule has 1 fully saturated rings. The average Bonchev–Trinajstić information content (AvgIpc) is 2.58. The van der Waals surface area contributed by atoms with Crippen molar-refractivity contribution in [3.05, 3.63) is 18.0 Å². The van der Waals surface area contributed by atoms with Crippen molar-refractivity contribution < 1.29 is 0 Å². The first-order valence-electron chi connectivity index (χ1n) is 5.25. The molecule has 0 amide bonds. The molecular formula is C10H16N4S. The number of anilines is 1. The Morgan fingerprint density at radius 2 is 2.33 bits per heavy atom. The number of hydrogen-bond donors (Lipinski definition) is 1. The largest absolute Gasteiger partial charge is 0.340 e. The molecule has 0 atom stereocenters. The van der Waals surface area contributed by atoms with Crippen LogP contribution in [0, 0.1) is 0 Å². The maximum atomic E-state index is 5.57. The fraction of sp³-hybridized carbons (Fsp3) is 0.600. The van der Waals surface area contributed by atoms with Crippen molar-refractivity contribution in [2.24, 2.45) is 5.73 Å². The number of nitrogens with two attached hydrogens (primary N) is 1. The smallest absolute Gasteiger partial charge is 0.225 e. The Morgan fingerprint density at radius 1 is 1.40 bits per heavy atom. The van der Waals surface area contributed by atoms with Gasteiger partial charge in [-0.1, -0.05) is 0 Å². The van der Waals surface area contributed by atoms with E-state index < -0.39 is 0 Å². The number of thioether (sulfide) groups is 1. The molecule has 1 aromatic rings. The van der Waals surface area contributed by atoms with Crippen molar-refractivity contribution in [3.8, 4) is 0 Å². The van der Waals surface area contributed by atoms with Gasteiger partial charge in [0.25, 0.3) is 0 Å². The number of rotatable bonds is 2. The van der Waals surface area contributed by atoms with Gasteiger partial charge >= 0.3 is 0 Å². The van der Waals surface area contributed by atoms with E-state index in [0.29, 0.717) is 6.54 Å². The van der Waals surface area contributed by atoms with Gasteiger partial charge in [-0.25, -0.2) is 9.97 Å². The van der Waals surface area contributed by atoms with Crippen LogP contribution in [0.4, 0.5) is 5.95 Å². The lowest BCUT2D eigenvalue weighted by molar-refractivity contribution is 0.774. The summed E-state index contributed by atoms with van der Waals surface area (Å²) in [6.45, 7) is 2.58. The van der Waals surface area contributed by atoms with Crippen LogP contribution in [0.5, 0.6) is 0 Å². The Kier molecular flexibility index (Phi) is 3.80. The van der Waals surface area contributed by atoms with Crippen LogP contribution < -0.4 is 10.6 Å². The maximum Gasteiger partial charge on any atom is 0.225 e. The topological polar surface area (TPSA) is 55.0 Å². The molecule has 2 heterocycles. The SMILES string of the molecule is NCc1ccnc(N2CCCSCC2)n1. The van der Waals surface area contributed by atoms with Gasteiger partial charge < -0.3 is 10.6 Å². The molecule has 0 spiro atoms. The van der Waals surface area contributed by atoms with Gasteiger partial charge in [0.2, 0.25) is 5.95 Å². The zero-order valence-electron chi connectivity index (χ0n) is 8.72. The first kappa shape index (κ1) is 10.7. The summed E-state index contributed by atoms with van der Waals surface area (Å²) in [4.78, 5) is 11.0. The summed E-state index contributed by atoms with van der Waals surface area (Å²) >= 11 is 2.00. The van der Waals surface area contributed by atoms with E-state index >= 15 is 0 Å². The Balaban J connectivity index is 2.12. The molecule has 0 radical (unpaired) electrons. The number of hydrogen-bond acceptors (Lipinski definition) is 5. The van der Waals surface area contributed by atoms with E-state index in [0.717, 1.165) is 30.5 Å². The summed E-state index contributed by atoms with van der Waals surface area (Å²) in [5.41, 5.74) is 6.48. The normalized spacial score (nSPS) is 17.5. The quantitative estimate of drug-likeness (QED) is 0.808. The molecule has 1 aromatic heterocycles. The predicted molar refractivity (Wildman–Crippen MR) is 64.1 cm³/mol. The molecule has 0 bridgehead atoms. The third-order valence-corrected chi connectivity index (χ3v) is 3.46. The molecule has 4 nitrogen and oxygen atoms in total. The highest BCUT2D eigenvalue weighted by atomic mass is 32.2. The average molecular weight is 224 g/mol. The molecule has 1 saturated heterocycles. The van der Waals surface area contributed by atoms with Crippen molar-refractivity contribution in [1.29, 1.82) is 0 Å². The highest BCUT2D eigenvalue weighted by Crippen LogP contribution is 2.14. The number of nitrogens with zero attached hydrogens (tertiary/aromatic N) is 3. The van der Waals surface area contributed by atoms with Crippen LogP contribution in [0.1, 0.15) is 12.1 Å². The molecular weight excluding hydrogens is 208 g/mol. The lowest BCUT2D eigenvalue weighted by atomic mass is 10.4. The summed E-state index contributed by atoms with van der Waals surface area (Å²) in [7, 11) is 0. The summed E-state index contributed by atoms with van der Waals surface area (Å²) < 4.78 is 0. The van der Waals surface area contributed by atoms with E-state index in [-0.39, 0.29) is 0 Å². The van der Waals surface area contributed by atoms with Crippen LogP contribution in [0.25, 0.3) is 0 Å². The highest BCUT2D eigenvalue weighted by Gasteiger charge is 2.12. The molecule has 1 aliphatic rings. The lowest BCUT2D eigenvalue weighted by Crippen LogP contribution is -2.27. The van der Waals surface area contributed by atoms with Crippen molar-refractivity contribution >= 4 is 17.7 Å². The van der Waals surface area contributed by atoms with Crippen LogP contribution >= 0.6 is 11.8 Å². The van der Waals surface area contributed by atoms with E-state index in [1.807, 2.05) is 17.8 Å². The van der Waals surface area contributed by atoms with E-state index in [4.69, 9.17) is 5.73 Å². The predicted octanol–water partition coefficient (Wildman–Crippen LogP) is 0.879. The summed E-state index contributed by atoms with van der Waals surface area (Å²) in [5.74, 6) is 3.24. The third-order valence-electron chi connectivity index (χ3n) is 2.41.